The van der Waals surface area contributed by atoms with Crippen LogP contribution < -0.4 is 5.32 Å². The number of nitrogens with zero attached hydrogens (tertiary/aromatic N) is 1. The first-order chi connectivity index (χ1) is 10.8. The third-order valence-corrected chi connectivity index (χ3v) is 5.40. The summed E-state index contributed by atoms with van der Waals surface area (Å²) in [5, 5.41) is 3.21. The van der Waals surface area contributed by atoms with Crippen LogP contribution in [0.2, 0.25) is 0 Å². The average Bonchev–Trinajstić information content (AvgIpc) is 3.15. The Balaban J connectivity index is 1.55. The van der Waals surface area contributed by atoms with Gasteiger partial charge in [0.1, 0.15) is 6.61 Å². The van der Waals surface area contributed by atoms with E-state index in [4.69, 9.17) is 4.74 Å². The predicted octanol–water partition coefficient (Wildman–Crippen LogP) is 1.93. The number of likely N-dealkylation sites (tertiary alicyclic amines) is 1. The second kappa shape index (κ2) is 5.67. The van der Waals surface area contributed by atoms with Gasteiger partial charge < -0.3 is 15.0 Å². The summed E-state index contributed by atoms with van der Waals surface area (Å²) in [4.78, 5) is 14.6. The highest BCUT2D eigenvalue weighted by Crippen LogP contribution is 2.49. The molecule has 0 spiro atoms. The number of benzene rings is 1. The molecule has 118 valence electrons. The van der Waals surface area contributed by atoms with E-state index in [1.807, 2.05) is 0 Å². The molecule has 1 saturated heterocycles. The van der Waals surface area contributed by atoms with Crippen molar-refractivity contribution in [3.8, 4) is 0 Å². The number of hydrogen-bond donors (Lipinski definition) is 1. The van der Waals surface area contributed by atoms with Crippen molar-refractivity contribution in [2.45, 2.75) is 24.8 Å². The Kier molecular flexibility index (Phi) is 3.66. The van der Waals surface area contributed by atoms with Crippen molar-refractivity contribution in [1.82, 2.24) is 10.2 Å². The highest BCUT2D eigenvalue weighted by atomic mass is 16.5. The summed E-state index contributed by atoms with van der Waals surface area (Å²) in [5.41, 5.74) is 2.75. The van der Waals surface area contributed by atoms with Crippen LogP contribution in [0.5, 0.6) is 0 Å². The van der Waals surface area contributed by atoms with Crippen molar-refractivity contribution in [3.05, 3.63) is 35.4 Å². The summed E-state index contributed by atoms with van der Waals surface area (Å²) in [7, 11) is 1.57. The fourth-order valence-electron chi connectivity index (χ4n) is 4.29. The molecule has 4 nitrogen and oxygen atoms in total. The van der Waals surface area contributed by atoms with Gasteiger partial charge in [0.15, 0.2) is 0 Å². The van der Waals surface area contributed by atoms with Crippen molar-refractivity contribution in [1.29, 1.82) is 0 Å². The molecule has 2 fully saturated rings. The lowest BCUT2D eigenvalue weighted by Crippen LogP contribution is -2.35. The molecule has 22 heavy (non-hydrogen) atoms. The van der Waals surface area contributed by atoms with Gasteiger partial charge in [0.25, 0.3) is 0 Å². The van der Waals surface area contributed by atoms with Crippen LogP contribution in [0.25, 0.3) is 0 Å². The molecular formula is C18H24N2O2. The Morgan fingerprint density at radius 2 is 2.05 bits per heavy atom. The number of methoxy groups -OCH3 is 1. The Morgan fingerprint density at radius 1 is 1.27 bits per heavy atom. The summed E-state index contributed by atoms with van der Waals surface area (Å²) >= 11 is 0. The fourth-order valence-corrected chi connectivity index (χ4v) is 4.29. The quantitative estimate of drug-likeness (QED) is 0.903. The minimum atomic E-state index is -0.0106. The molecule has 3 aliphatic rings. The molecule has 1 N–H and O–H groups in total. The minimum Gasteiger partial charge on any atom is -0.375 e. The van der Waals surface area contributed by atoms with Crippen LogP contribution in [0.1, 0.15) is 35.9 Å². The smallest absolute Gasteiger partial charge is 0.246 e. The van der Waals surface area contributed by atoms with Gasteiger partial charge in [0.2, 0.25) is 5.91 Å². The van der Waals surface area contributed by atoms with Crippen LogP contribution in [0, 0.1) is 11.8 Å². The molecule has 0 aromatic heterocycles. The van der Waals surface area contributed by atoms with Crippen molar-refractivity contribution in [2.75, 3.05) is 33.4 Å². The maximum Gasteiger partial charge on any atom is 0.246 e. The first-order valence-corrected chi connectivity index (χ1v) is 8.35. The summed E-state index contributed by atoms with van der Waals surface area (Å²) in [6.45, 7) is 3.64. The first-order valence-electron chi connectivity index (χ1n) is 8.35. The number of carbonyl (C=O) groups excluding carboxylic acids is 1. The number of ether oxygens (including phenoxy) is 1. The molecule has 1 aliphatic heterocycles. The maximum absolute atomic E-state index is 12.0. The molecule has 1 aromatic rings. The lowest BCUT2D eigenvalue weighted by atomic mass is 9.94. The van der Waals surface area contributed by atoms with Crippen LogP contribution in [0.4, 0.5) is 0 Å². The van der Waals surface area contributed by atoms with Gasteiger partial charge in [-0.15, -0.1) is 0 Å². The van der Waals surface area contributed by atoms with E-state index in [1.54, 1.807) is 7.11 Å². The average molecular weight is 300 g/mol. The zero-order valence-electron chi connectivity index (χ0n) is 13.1. The SMILES string of the molecule is COCC(=O)N[C@@H]1c2ccccc2[C@@H]2CN(CC3CC3)C[C@H]12. The molecule has 0 bridgehead atoms. The Bertz CT molecular complexity index is 570. The summed E-state index contributed by atoms with van der Waals surface area (Å²) in [5.74, 6) is 2.00. The zero-order valence-corrected chi connectivity index (χ0v) is 13.1. The van der Waals surface area contributed by atoms with Crippen molar-refractivity contribution in [2.24, 2.45) is 11.8 Å². The van der Waals surface area contributed by atoms with Gasteiger partial charge >= 0.3 is 0 Å². The Hall–Kier alpha value is -1.39. The van der Waals surface area contributed by atoms with Crippen LogP contribution in [0.3, 0.4) is 0 Å². The monoisotopic (exact) mass is 300 g/mol. The molecule has 0 unspecified atom stereocenters. The van der Waals surface area contributed by atoms with Gasteiger partial charge in [-0.1, -0.05) is 24.3 Å². The molecule has 1 saturated carbocycles. The lowest BCUT2D eigenvalue weighted by Gasteiger charge is -2.22. The molecule has 1 heterocycles. The van der Waals surface area contributed by atoms with E-state index in [0.29, 0.717) is 11.8 Å². The van der Waals surface area contributed by atoms with E-state index in [0.717, 1.165) is 19.0 Å². The third kappa shape index (κ3) is 2.55. The topological polar surface area (TPSA) is 41.6 Å². The molecule has 2 aliphatic carbocycles. The minimum absolute atomic E-state index is 0.0106. The van der Waals surface area contributed by atoms with E-state index in [1.165, 1.54) is 30.5 Å². The second-order valence-electron chi connectivity index (χ2n) is 7.04. The largest absolute Gasteiger partial charge is 0.375 e. The van der Waals surface area contributed by atoms with Crippen LogP contribution >= 0.6 is 0 Å². The number of hydrogen-bond acceptors (Lipinski definition) is 3. The number of nitrogens with one attached hydrogen (secondary N) is 1. The molecule has 1 aromatic carbocycles. The highest BCUT2D eigenvalue weighted by molar-refractivity contribution is 5.78. The number of fused-ring (bicyclic) bond motifs is 3. The van der Waals surface area contributed by atoms with Crippen molar-refractivity contribution in [3.63, 3.8) is 0 Å². The normalized spacial score (nSPS) is 30.1. The van der Waals surface area contributed by atoms with Gasteiger partial charge in [0.05, 0.1) is 6.04 Å². The molecule has 3 atom stereocenters. The van der Waals surface area contributed by atoms with E-state index in [9.17, 15) is 4.79 Å². The molecule has 4 rings (SSSR count). The molecule has 1 amide bonds. The van der Waals surface area contributed by atoms with Crippen molar-refractivity contribution >= 4 is 5.91 Å². The van der Waals surface area contributed by atoms with Crippen molar-refractivity contribution < 1.29 is 9.53 Å². The van der Waals surface area contributed by atoms with Crippen LogP contribution in [0.15, 0.2) is 24.3 Å². The van der Waals surface area contributed by atoms with E-state index >= 15 is 0 Å². The number of rotatable bonds is 5. The van der Waals surface area contributed by atoms with Gasteiger partial charge in [-0.25, -0.2) is 0 Å². The molecule has 4 heteroatoms. The standard InChI is InChI=1S/C18H24N2O2/c1-22-11-17(21)19-18-14-5-3-2-4-13(14)15-9-20(10-16(15)18)8-12-6-7-12/h2-5,12,15-16,18H,6-11H2,1H3,(H,19,21)/t15-,16-,18+/m0/s1. The van der Waals surface area contributed by atoms with Crippen LogP contribution in [-0.4, -0.2) is 44.2 Å². The van der Waals surface area contributed by atoms with Gasteiger partial charge in [-0.05, 0) is 29.9 Å². The number of amides is 1. The number of carbonyl (C=O) groups is 1. The van der Waals surface area contributed by atoms with Gasteiger partial charge in [-0.3, -0.25) is 4.79 Å². The van der Waals surface area contributed by atoms with E-state index in [-0.39, 0.29) is 18.6 Å². The predicted molar refractivity (Wildman–Crippen MR) is 84.6 cm³/mol. The third-order valence-electron chi connectivity index (χ3n) is 5.40. The van der Waals surface area contributed by atoms with Crippen LogP contribution in [-0.2, 0) is 9.53 Å². The molecule has 0 radical (unpaired) electrons. The molecular weight excluding hydrogens is 276 g/mol. The van der Waals surface area contributed by atoms with Gasteiger partial charge in [0, 0.05) is 38.6 Å². The Labute approximate surface area is 131 Å². The van der Waals surface area contributed by atoms with Gasteiger partial charge in [-0.2, -0.15) is 0 Å². The zero-order chi connectivity index (χ0) is 15.1. The summed E-state index contributed by atoms with van der Waals surface area (Å²) in [6.07, 6.45) is 2.80. The van der Waals surface area contributed by atoms with E-state index < -0.39 is 0 Å². The van der Waals surface area contributed by atoms with E-state index in [2.05, 4.69) is 34.5 Å². The fraction of sp³-hybridized carbons (Fsp3) is 0.611. The highest BCUT2D eigenvalue weighted by Gasteiger charge is 2.47. The second-order valence-corrected chi connectivity index (χ2v) is 7.04. The Morgan fingerprint density at radius 3 is 2.77 bits per heavy atom. The summed E-state index contributed by atoms with van der Waals surface area (Å²) < 4.78 is 4.97. The maximum atomic E-state index is 12.0. The lowest BCUT2D eigenvalue weighted by molar-refractivity contribution is -0.125. The summed E-state index contributed by atoms with van der Waals surface area (Å²) in [6, 6.07) is 8.77. The first kappa shape index (κ1) is 14.2.